The first-order valence-corrected chi connectivity index (χ1v) is 26.7. The molecular weight excluding hydrogens is 758 g/mol. The van der Waals surface area contributed by atoms with E-state index < -0.39 is 32.5 Å². The van der Waals surface area contributed by atoms with Gasteiger partial charge in [0.15, 0.2) is 6.10 Å². The number of phosphoric acid groups is 1. The van der Waals surface area contributed by atoms with Gasteiger partial charge in [0.25, 0.3) is 7.82 Å². The van der Waals surface area contributed by atoms with Gasteiger partial charge in [-0.1, -0.05) is 173 Å². The fraction of sp³-hybridized carbons (Fsp3) is 0.947. The minimum absolute atomic E-state index is 0.0351. The number of likely N-dealkylation sites (N-methyl/N-ethyl adjacent to an activating group) is 1. The second kappa shape index (κ2) is 37.0. The van der Waals surface area contributed by atoms with E-state index in [1.165, 1.54) is 128 Å². The summed E-state index contributed by atoms with van der Waals surface area (Å²) in [4.78, 5) is 37.4. The average molecular weight is 834 g/mol. The number of hydrogen-bond donors (Lipinski definition) is 0. The van der Waals surface area contributed by atoms with E-state index in [0.717, 1.165) is 11.5 Å². The van der Waals surface area contributed by atoms with Crippen molar-refractivity contribution < 1.29 is 42.1 Å². The van der Waals surface area contributed by atoms with Crippen LogP contribution in [-0.4, -0.2) is 93.0 Å². The van der Waals surface area contributed by atoms with Crippen molar-refractivity contribution in [3.05, 3.63) is 0 Å². The van der Waals surface area contributed by atoms with Crippen molar-refractivity contribution in [2.45, 2.75) is 161 Å². The lowest BCUT2D eigenvalue weighted by molar-refractivity contribution is -0.870. The second-order valence-electron chi connectivity index (χ2n) is 14.5. The standard InChI is InChI=1S/C38H76NO8PS4/c1-6-8-10-12-14-16-18-20-22-24-30-49-51-32-26-37(40)44-34-36(35-46-48(42,43)45-29-28-39(3,4)5)47-38(41)27-33-52-50-31-25-23-21-19-17-15-13-11-9-7-2/h36H,6-35H2,1-5H3. The first-order chi connectivity index (χ1) is 25.0. The van der Waals surface area contributed by atoms with Gasteiger partial charge in [-0.2, -0.15) is 0 Å². The zero-order valence-electron chi connectivity index (χ0n) is 33.6. The summed E-state index contributed by atoms with van der Waals surface area (Å²) in [6.07, 6.45) is 25.6. The van der Waals surface area contributed by atoms with Crippen molar-refractivity contribution in [1.29, 1.82) is 0 Å². The first kappa shape index (κ1) is 52.4. The molecule has 0 rings (SSSR count). The molecule has 0 heterocycles. The average Bonchev–Trinajstić information content (AvgIpc) is 3.09. The van der Waals surface area contributed by atoms with E-state index in [2.05, 4.69) is 13.8 Å². The summed E-state index contributed by atoms with van der Waals surface area (Å²) in [5.74, 6) is 2.40. The maximum atomic E-state index is 12.6. The minimum atomic E-state index is -4.63. The number of phosphoric ester groups is 1. The molecule has 0 radical (unpaired) electrons. The zero-order chi connectivity index (χ0) is 38.6. The number of quaternary nitrogens is 1. The molecule has 0 aliphatic carbocycles. The molecular formula is C38H76NO8PS4. The van der Waals surface area contributed by atoms with Gasteiger partial charge in [-0.3, -0.25) is 14.2 Å². The molecule has 52 heavy (non-hydrogen) atoms. The van der Waals surface area contributed by atoms with Gasteiger partial charge >= 0.3 is 11.9 Å². The topological polar surface area (TPSA) is 111 Å². The third kappa shape index (κ3) is 40.1. The lowest BCUT2D eigenvalue weighted by Gasteiger charge is -2.28. The molecule has 0 N–H and O–H groups in total. The van der Waals surface area contributed by atoms with Crippen LogP contribution in [0.1, 0.15) is 155 Å². The van der Waals surface area contributed by atoms with Crippen LogP contribution in [0.25, 0.3) is 0 Å². The Kier molecular flexibility index (Phi) is 37.3. The highest BCUT2D eigenvalue weighted by Crippen LogP contribution is 2.38. The number of carbonyl (C=O) groups is 2. The third-order valence-corrected chi connectivity index (χ3v) is 14.2. The smallest absolute Gasteiger partial charge is 0.307 e. The van der Waals surface area contributed by atoms with Crippen molar-refractivity contribution in [3.63, 3.8) is 0 Å². The van der Waals surface area contributed by atoms with Crippen LogP contribution >= 0.6 is 51.0 Å². The molecule has 0 bridgehead atoms. The highest BCUT2D eigenvalue weighted by Gasteiger charge is 2.22. The summed E-state index contributed by atoms with van der Waals surface area (Å²) < 4.78 is 33.8. The van der Waals surface area contributed by atoms with Gasteiger partial charge in [0.2, 0.25) is 0 Å². The summed E-state index contributed by atoms with van der Waals surface area (Å²) >= 11 is 0. The monoisotopic (exact) mass is 833 g/mol. The predicted molar refractivity (Wildman–Crippen MR) is 226 cm³/mol. The van der Waals surface area contributed by atoms with Crippen molar-refractivity contribution in [2.75, 3.05) is 70.5 Å². The fourth-order valence-corrected chi connectivity index (χ4v) is 10.0. The molecule has 0 saturated heterocycles. The number of carbonyl (C=O) groups excluding carboxylic acids is 2. The Bertz CT molecular complexity index is 884. The third-order valence-electron chi connectivity index (χ3n) is 8.27. The Morgan fingerprint density at radius 3 is 1.42 bits per heavy atom. The molecule has 0 spiro atoms. The Morgan fingerprint density at radius 1 is 0.577 bits per heavy atom. The molecule has 0 aromatic rings. The van der Waals surface area contributed by atoms with Gasteiger partial charge in [-0.25, -0.2) is 0 Å². The predicted octanol–water partition coefficient (Wildman–Crippen LogP) is 11.0. The maximum Gasteiger partial charge on any atom is 0.307 e. The van der Waals surface area contributed by atoms with E-state index >= 15 is 0 Å². The van der Waals surface area contributed by atoms with Crippen LogP contribution in [0.4, 0.5) is 0 Å². The van der Waals surface area contributed by atoms with Crippen LogP contribution in [0, 0.1) is 0 Å². The molecule has 2 unspecified atom stereocenters. The van der Waals surface area contributed by atoms with Gasteiger partial charge < -0.3 is 27.9 Å². The van der Waals surface area contributed by atoms with E-state index in [9.17, 15) is 19.0 Å². The van der Waals surface area contributed by atoms with E-state index in [1.807, 2.05) is 21.1 Å². The Hall–Kier alpha value is 0.410. The maximum absolute atomic E-state index is 12.6. The quantitative estimate of drug-likeness (QED) is 0.0193. The van der Waals surface area contributed by atoms with Crippen LogP contribution in [0.3, 0.4) is 0 Å². The Balaban J connectivity index is 4.33. The highest BCUT2D eigenvalue weighted by molar-refractivity contribution is 8.77. The number of rotatable bonds is 40. The molecule has 14 heteroatoms. The SMILES string of the molecule is CCCCCCCCCCCCSSCCC(=O)OCC(COP(=O)([O-])OCC[N+](C)(C)C)OC(=O)CCSSCCCCCCCCCCCC. The molecule has 2 atom stereocenters. The number of hydrogen-bond acceptors (Lipinski definition) is 12. The van der Waals surface area contributed by atoms with Crippen molar-refractivity contribution >= 4 is 62.9 Å². The molecule has 0 aliphatic heterocycles. The normalized spacial score (nSPS) is 13.6. The van der Waals surface area contributed by atoms with Crippen molar-refractivity contribution in [2.24, 2.45) is 0 Å². The molecule has 310 valence electrons. The van der Waals surface area contributed by atoms with Crippen molar-refractivity contribution in [1.82, 2.24) is 0 Å². The summed E-state index contributed by atoms with van der Waals surface area (Å²) in [6, 6.07) is 0. The Morgan fingerprint density at radius 2 is 0.981 bits per heavy atom. The van der Waals surface area contributed by atoms with E-state index in [4.69, 9.17) is 18.5 Å². The molecule has 9 nitrogen and oxygen atoms in total. The molecule has 0 amide bonds. The fourth-order valence-electron chi connectivity index (χ4n) is 5.04. The van der Waals surface area contributed by atoms with Crippen LogP contribution in [-0.2, 0) is 32.7 Å². The molecule has 0 saturated carbocycles. The molecule has 0 aromatic heterocycles. The van der Waals surface area contributed by atoms with E-state index in [0.29, 0.717) is 22.5 Å². The van der Waals surface area contributed by atoms with Crippen LogP contribution in [0.5, 0.6) is 0 Å². The van der Waals surface area contributed by atoms with Gasteiger partial charge in [0.05, 0.1) is 40.6 Å². The summed E-state index contributed by atoms with van der Waals surface area (Å²) in [5.41, 5.74) is 0. The molecule has 0 fully saturated rings. The highest BCUT2D eigenvalue weighted by atomic mass is 33.1. The lowest BCUT2D eigenvalue weighted by Crippen LogP contribution is -2.37. The number of nitrogens with zero attached hydrogens (tertiary/aromatic N) is 1. The first-order valence-electron chi connectivity index (χ1n) is 20.2. The van der Waals surface area contributed by atoms with E-state index in [-0.39, 0.29) is 26.1 Å². The van der Waals surface area contributed by atoms with Gasteiger partial charge in [-0.05, 0) is 12.8 Å². The number of ether oxygens (including phenoxy) is 2. The lowest BCUT2D eigenvalue weighted by atomic mass is 10.1. The van der Waals surface area contributed by atoms with Crippen molar-refractivity contribution in [3.8, 4) is 0 Å². The summed E-state index contributed by atoms with van der Waals surface area (Å²) in [6.45, 7) is 4.18. The van der Waals surface area contributed by atoms with Crippen LogP contribution in [0.15, 0.2) is 0 Å². The zero-order valence-corrected chi connectivity index (χ0v) is 37.7. The largest absolute Gasteiger partial charge is 0.756 e. The van der Waals surface area contributed by atoms with Gasteiger partial charge in [0, 0.05) is 23.0 Å². The number of esters is 2. The van der Waals surface area contributed by atoms with Gasteiger partial charge in [0.1, 0.15) is 19.8 Å². The van der Waals surface area contributed by atoms with E-state index in [1.54, 1.807) is 43.2 Å². The van der Waals surface area contributed by atoms with Gasteiger partial charge in [-0.15, -0.1) is 0 Å². The Labute approximate surface area is 335 Å². The summed E-state index contributed by atoms with van der Waals surface area (Å²) in [7, 11) is 7.99. The minimum Gasteiger partial charge on any atom is -0.756 e. The molecule has 0 aromatic carbocycles. The number of unbranched alkanes of at least 4 members (excludes halogenated alkanes) is 18. The molecule has 0 aliphatic rings. The summed E-state index contributed by atoms with van der Waals surface area (Å²) in [5, 5.41) is 0. The van der Waals surface area contributed by atoms with Crippen LogP contribution in [0.2, 0.25) is 0 Å². The second-order valence-corrected chi connectivity index (χ2v) is 21.4. The van der Waals surface area contributed by atoms with Crippen LogP contribution < -0.4 is 4.89 Å².